The largest absolute Gasteiger partial charge is 0.497 e. The molecular weight excluding hydrogens is 224 g/mol. The summed E-state index contributed by atoms with van der Waals surface area (Å²) in [7, 11) is 1.68. The number of hydrogen-bond acceptors (Lipinski definition) is 3. The Hall–Kier alpha value is -1.77. The average Bonchev–Trinajstić information content (AvgIpc) is 2.38. The SMILES string of the molecule is COc1ccc2c(NC(C)C(C)C)nccc2c1. The minimum atomic E-state index is 0.394. The van der Waals surface area contributed by atoms with Crippen LogP contribution in [-0.4, -0.2) is 18.1 Å². The number of ether oxygens (including phenoxy) is 1. The van der Waals surface area contributed by atoms with Crippen LogP contribution >= 0.6 is 0 Å². The molecule has 0 saturated heterocycles. The summed E-state index contributed by atoms with van der Waals surface area (Å²) in [6.07, 6.45) is 1.83. The van der Waals surface area contributed by atoms with E-state index in [1.807, 2.05) is 24.4 Å². The van der Waals surface area contributed by atoms with Gasteiger partial charge in [-0.15, -0.1) is 0 Å². The fourth-order valence-electron chi connectivity index (χ4n) is 1.78. The van der Waals surface area contributed by atoms with E-state index in [1.54, 1.807) is 7.11 Å². The lowest BCUT2D eigenvalue weighted by molar-refractivity contribution is 0.415. The quantitative estimate of drug-likeness (QED) is 0.890. The maximum Gasteiger partial charge on any atom is 0.134 e. The molecule has 1 unspecified atom stereocenters. The predicted molar refractivity (Wildman–Crippen MR) is 76.2 cm³/mol. The van der Waals surface area contributed by atoms with Crippen LogP contribution in [0, 0.1) is 5.92 Å². The molecule has 96 valence electrons. The van der Waals surface area contributed by atoms with Gasteiger partial charge in [0.1, 0.15) is 11.6 Å². The van der Waals surface area contributed by atoms with Crippen molar-refractivity contribution >= 4 is 16.6 Å². The molecule has 0 fully saturated rings. The summed E-state index contributed by atoms with van der Waals surface area (Å²) in [5, 5.41) is 5.74. The van der Waals surface area contributed by atoms with E-state index < -0.39 is 0 Å². The van der Waals surface area contributed by atoms with E-state index in [9.17, 15) is 0 Å². The third kappa shape index (κ3) is 2.55. The summed E-state index contributed by atoms with van der Waals surface area (Å²) >= 11 is 0. The molecule has 1 aromatic carbocycles. The molecule has 3 heteroatoms. The Bertz CT molecular complexity index is 537. The van der Waals surface area contributed by atoms with E-state index in [4.69, 9.17) is 4.74 Å². The molecule has 0 radical (unpaired) electrons. The summed E-state index contributed by atoms with van der Waals surface area (Å²) in [6, 6.07) is 8.45. The highest BCUT2D eigenvalue weighted by Crippen LogP contribution is 2.26. The van der Waals surface area contributed by atoms with E-state index in [0.717, 1.165) is 22.3 Å². The molecule has 0 aliphatic carbocycles. The zero-order valence-corrected chi connectivity index (χ0v) is 11.4. The molecule has 3 nitrogen and oxygen atoms in total. The van der Waals surface area contributed by atoms with Gasteiger partial charge in [-0.3, -0.25) is 0 Å². The highest BCUT2D eigenvalue weighted by molar-refractivity contribution is 5.92. The van der Waals surface area contributed by atoms with Crippen LogP contribution in [0.5, 0.6) is 5.75 Å². The standard InChI is InChI=1S/C15H20N2O/c1-10(2)11(3)17-15-14-6-5-13(18-4)9-12(14)7-8-16-15/h5-11H,1-4H3,(H,16,17). The van der Waals surface area contributed by atoms with Crippen LogP contribution in [0.1, 0.15) is 20.8 Å². The normalized spacial score (nSPS) is 12.7. The molecule has 2 rings (SSSR count). The lowest BCUT2D eigenvalue weighted by atomic mass is 10.1. The van der Waals surface area contributed by atoms with Crippen molar-refractivity contribution in [1.82, 2.24) is 4.98 Å². The Balaban J connectivity index is 2.39. The van der Waals surface area contributed by atoms with Crippen molar-refractivity contribution in [3.63, 3.8) is 0 Å². The van der Waals surface area contributed by atoms with Crippen molar-refractivity contribution in [2.75, 3.05) is 12.4 Å². The average molecular weight is 244 g/mol. The Morgan fingerprint density at radius 1 is 1.17 bits per heavy atom. The second-order valence-corrected chi connectivity index (χ2v) is 4.92. The van der Waals surface area contributed by atoms with Gasteiger partial charge in [0.15, 0.2) is 0 Å². The van der Waals surface area contributed by atoms with Crippen molar-refractivity contribution < 1.29 is 4.74 Å². The zero-order valence-electron chi connectivity index (χ0n) is 11.4. The van der Waals surface area contributed by atoms with E-state index in [-0.39, 0.29) is 0 Å². The number of anilines is 1. The second-order valence-electron chi connectivity index (χ2n) is 4.92. The highest BCUT2D eigenvalue weighted by Gasteiger charge is 2.10. The highest BCUT2D eigenvalue weighted by atomic mass is 16.5. The number of aromatic nitrogens is 1. The molecule has 0 saturated carbocycles. The minimum Gasteiger partial charge on any atom is -0.497 e. The number of pyridine rings is 1. The van der Waals surface area contributed by atoms with Gasteiger partial charge in [-0.2, -0.15) is 0 Å². The van der Waals surface area contributed by atoms with Gasteiger partial charge in [-0.05, 0) is 42.5 Å². The molecule has 1 N–H and O–H groups in total. The summed E-state index contributed by atoms with van der Waals surface area (Å²) in [6.45, 7) is 6.58. The number of methoxy groups -OCH3 is 1. The van der Waals surface area contributed by atoms with E-state index in [0.29, 0.717) is 12.0 Å². The Morgan fingerprint density at radius 3 is 2.61 bits per heavy atom. The molecule has 0 aliphatic rings. The van der Waals surface area contributed by atoms with Crippen LogP contribution in [0.4, 0.5) is 5.82 Å². The Morgan fingerprint density at radius 2 is 1.94 bits per heavy atom. The van der Waals surface area contributed by atoms with Crippen molar-refractivity contribution in [1.29, 1.82) is 0 Å². The number of hydrogen-bond donors (Lipinski definition) is 1. The molecule has 0 amide bonds. The number of benzene rings is 1. The molecule has 1 heterocycles. The van der Waals surface area contributed by atoms with Crippen molar-refractivity contribution in [3.8, 4) is 5.75 Å². The number of rotatable bonds is 4. The first kappa shape index (κ1) is 12.7. The minimum absolute atomic E-state index is 0.394. The van der Waals surface area contributed by atoms with Crippen molar-refractivity contribution in [2.24, 2.45) is 5.92 Å². The van der Waals surface area contributed by atoms with E-state index in [2.05, 4.69) is 37.1 Å². The van der Waals surface area contributed by atoms with Crippen LogP contribution in [0.25, 0.3) is 10.8 Å². The predicted octanol–water partition coefficient (Wildman–Crippen LogP) is 3.70. The van der Waals surface area contributed by atoms with Gasteiger partial charge in [0.2, 0.25) is 0 Å². The first-order valence-electron chi connectivity index (χ1n) is 6.31. The van der Waals surface area contributed by atoms with Gasteiger partial charge in [0, 0.05) is 17.6 Å². The summed E-state index contributed by atoms with van der Waals surface area (Å²) in [5.41, 5.74) is 0. The smallest absolute Gasteiger partial charge is 0.134 e. The lowest BCUT2D eigenvalue weighted by Gasteiger charge is -2.19. The van der Waals surface area contributed by atoms with Gasteiger partial charge >= 0.3 is 0 Å². The molecule has 0 aliphatic heterocycles. The maximum atomic E-state index is 5.24. The second kappa shape index (κ2) is 5.25. The van der Waals surface area contributed by atoms with Gasteiger partial charge in [0.05, 0.1) is 7.11 Å². The third-order valence-corrected chi connectivity index (χ3v) is 3.34. The molecule has 18 heavy (non-hydrogen) atoms. The maximum absolute atomic E-state index is 5.24. The number of nitrogens with zero attached hydrogens (tertiary/aromatic N) is 1. The van der Waals surface area contributed by atoms with E-state index in [1.165, 1.54) is 0 Å². The first-order valence-corrected chi connectivity index (χ1v) is 6.31. The third-order valence-electron chi connectivity index (χ3n) is 3.34. The van der Waals surface area contributed by atoms with Gasteiger partial charge in [-0.25, -0.2) is 4.98 Å². The molecule has 0 spiro atoms. The summed E-state index contributed by atoms with van der Waals surface area (Å²) in [5.74, 6) is 2.38. The van der Waals surface area contributed by atoms with Crippen LogP contribution in [-0.2, 0) is 0 Å². The van der Waals surface area contributed by atoms with Crippen LogP contribution in [0.3, 0.4) is 0 Å². The monoisotopic (exact) mass is 244 g/mol. The van der Waals surface area contributed by atoms with Gasteiger partial charge in [-0.1, -0.05) is 13.8 Å². The zero-order chi connectivity index (χ0) is 13.1. The van der Waals surface area contributed by atoms with Crippen molar-refractivity contribution in [2.45, 2.75) is 26.8 Å². The van der Waals surface area contributed by atoms with Crippen LogP contribution in [0.2, 0.25) is 0 Å². The van der Waals surface area contributed by atoms with Crippen molar-refractivity contribution in [3.05, 3.63) is 30.5 Å². The van der Waals surface area contributed by atoms with Crippen LogP contribution in [0.15, 0.2) is 30.5 Å². The van der Waals surface area contributed by atoms with Gasteiger partial charge < -0.3 is 10.1 Å². The lowest BCUT2D eigenvalue weighted by Crippen LogP contribution is -2.22. The molecule has 2 aromatic rings. The fourth-order valence-corrected chi connectivity index (χ4v) is 1.78. The molecule has 1 atom stereocenters. The number of nitrogens with one attached hydrogen (secondary N) is 1. The number of fused-ring (bicyclic) bond motifs is 1. The Labute approximate surface area is 108 Å². The molecule has 0 bridgehead atoms. The fraction of sp³-hybridized carbons (Fsp3) is 0.400. The van der Waals surface area contributed by atoms with E-state index >= 15 is 0 Å². The molecule has 1 aromatic heterocycles. The summed E-state index contributed by atoms with van der Waals surface area (Å²) in [4.78, 5) is 4.43. The Kier molecular flexibility index (Phi) is 3.70. The molecular formula is C15H20N2O. The van der Waals surface area contributed by atoms with Gasteiger partial charge in [0.25, 0.3) is 0 Å². The topological polar surface area (TPSA) is 34.1 Å². The first-order chi connectivity index (χ1) is 8.61. The van der Waals surface area contributed by atoms with Crippen LogP contribution < -0.4 is 10.1 Å². The summed E-state index contributed by atoms with van der Waals surface area (Å²) < 4.78 is 5.24.